The molecule has 1 atom stereocenters. The molecule has 0 bridgehead atoms. The molecule has 0 spiro atoms. The maximum Gasteiger partial charge on any atom is 0.264 e. The lowest BCUT2D eigenvalue weighted by Gasteiger charge is -2.35. The summed E-state index contributed by atoms with van der Waals surface area (Å²) in [6.45, 7) is 4.32. The van der Waals surface area contributed by atoms with Gasteiger partial charge < -0.3 is 9.72 Å². The Morgan fingerprint density at radius 1 is 1.14 bits per heavy atom. The van der Waals surface area contributed by atoms with E-state index in [0.717, 1.165) is 42.1 Å². The van der Waals surface area contributed by atoms with Gasteiger partial charge in [0.05, 0.1) is 17.1 Å². The molecule has 0 saturated carbocycles. The lowest BCUT2D eigenvalue weighted by atomic mass is 9.96. The van der Waals surface area contributed by atoms with E-state index < -0.39 is 10.0 Å². The summed E-state index contributed by atoms with van der Waals surface area (Å²) in [6, 6.07) is 11.2. The summed E-state index contributed by atoms with van der Waals surface area (Å²) in [7, 11) is -3.69. The number of benzene rings is 2. The van der Waals surface area contributed by atoms with Crippen molar-refractivity contribution in [1.29, 1.82) is 0 Å². The van der Waals surface area contributed by atoms with Crippen molar-refractivity contribution in [2.45, 2.75) is 57.0 Å². The first-order valence-electron chi connectivity index (χ1n) is 10.4. The predicted molar refractivity (Wildman–Crippen MR) is 115 cm³/mol. The fourth-order valence-electron chi connectivity index (χ4n) is 4.53. The molecule has 0 unspecified atom stereocenters. The maximum atomic E-state index is 13.7. The van der Waals surface area contributed by atoms with E-state index in [1.165, 1.54) is 22.0 Å². The third-order valence-corrected chi connectivity index (χ3v) is 7.93. The number of H-pyrrole nitrogens is 1. The Morgan fingerprint density at radius 3 is 2.79 bits per heavy atom. The largest absolute Gasteiger partial charge is 0.486 e. The molecular weight excluding hydrogens is 384 g/mol. The Balaban J connectivity index is 1.63. The van der Waals surface area contributed by atoms with Crippen LogP contribution in [-0.2, 0) is 22.9 Å². The number of aryl methyl sites for hydroxylation is 3. The van der Waals surface area contributed by atoms with E-state index in [0.29, 0.717) is 22.9 Å². The van der Waals surface area contributed by atoms with E-state index in [9.17, 15) is 8.42 Å². The second kappa shape index (κ2) is 6.80. The van der Waals surface area contributed by atoms with Gasteiger partial charge in [-0.25, -0.2) is 8.42 Å². The summed E-state index contributed by atoms with van der Waals surface area (Å²) in [5.41, 5.74) is 5.22. The van der Waals surface area contributed by atoms with E-state index >= 15 is 0 Å². The first kappa shape index (κ1) is 18.6. The van der Waals surface area contributed by atoms with Crippen LogP contribution in [0.4, 0.5) is 5.69 Å². The molecule has 152 valence electrons. The van der Waals surface area contributed by atoms with E-state index in [-0.39, 0.29) is 6.10 Å². The Hall–Kier alpha value is -2.47. The molecule has 0 saturated heterocycles. The zero-order valence-electron chi connectivity index (χ0n) is 16.9. The van der Waals surface area contributed by atoms with Gasteiger partial charge in [0.15, 0.2) is 0 Å². The molecule has 0 amide bonds. The van der Waals surface area contributed by atoms with Gasteiger partial charge in [0.25, 0.3) is 10.0 Å². The number of anilines is 1. The first-order chi connectivity index (χ1) is 14.0. The highest BCUT2D eigenvalue weighted by atomic mass is 32.2. The first-order valence-corrected chi connectivity index (χ1v) is 11.8. The molecule has 1 N–H and O–H groups in total. The van der Waals surface area contributed by atoms with Crippen molar-refractivity contribution in [2.75, 3.05) is 10.8 Å². The van der Waals surface area contributed by atoms with Crippen LogP contribution in [0.15, 0.2) is 41.3 Å². The second-order valence-corrected chi connectivity index (χ2v) is 10.0. The average molecular weight is 411 g/mol. The van der Waals surface area contributed by atoms with Gasteiger partial charge in [0.1, 0.15) is 11.9 Å². The molecule has 0 radical (unpaired) electrons. The number of hydrogen-bond donors (Lipinski definition) is 1. The van der Waals surface area contributed by atoms with Crippen molar-refractivity contribution in [2.24, 2.45) is 0 Å². The van der Waals surface area contributed by atoms with Gasteiger partial charge in [-0.1, -0.05) is 13.0 Å². The summed E-state index contributed by atoms with van der Waals surface area (Å²) >= 11 is 0. The number of hydrogen-bond acceptors (Lipinski definition) is 3. The molecule has 29 heavy (non-hydrogen) atoms. The van der Waals surface area contributed by atoms with Crippen LogP contribution >= 0.6 is 0 Å². The van der Waals surface area contributed by atoms with Gasteiger partial charge >= 0.3 is 0 Å². The zero-order chi connectivity index (χ0) is 20.2. The highest BCUT2D eigenvalue weighted by molar-refractivity contribution is 7.92. The van der Waals surface area contributed by atoms with Gasteiger partial charge in [-0.2, -0.15) is 0 Å². The molecule has 1 aromatic heterocycles. The van der Waals surface area contributed by atoms with E-state index in [1.807, 2.05) is 44.2 Å². The molecule has 1 aliphatic heterocycles. The number of aromatic amines is 1. The normalized spacial score (nSPS) is 19.0. The molecule has 1 aliphatic carbocycles. The van der Waals surface area contributed by atoms with Crippen LogP contribution in [-0.4, -0.2) is 26.1 Å². The lowest BCUT2D eigenvalue weighted by molar-refractivity contribution is 0.195. The van der Waals surface area contributed by atoms with Crippen LogP contribution in [0.1, 0.15) is 43.0 Å². The molecule has 5 rings (SSSR count). The lowest BCUT2D eigenvalue weighted by Crippen LogP contribution is -2.43. The third kappa shape index (κ3) is 3.01. The van der Waals surface area contributed by atoms with Crippen LogP contribution in [0.2, 0.25) is 0 Å². The Morgan fingerprint density at radius 2 is 1.97 bits per heavy atom. The Kier molecular flexibility index (Phi) is 4.35. The van der Waals surface area contributed by atoms with Gasteiger partial charge in [0.2, 0.25) is 0 Å². The van der Waals surface area contributed by atoms with Crippen molar-refractivity contribution in [3.8, 4) is 5.75 Å². The quantitative estimate of drug-likeness (QED) is 0.679. The average Bonchev–Trinajstić information content (AvgIpc) is 3.10. The smallest absolute Gasteiger partial charge is 0.264 e. The summed E-state index contributed by atoms with van der Waals surface area (Å²) in [5.74, 6) is 0.636. The number of sulfonamides is 1. The fraction of sp³-hybridized carbons (Fsp3) is 0.391. The molecule has 0 fully saturated rings. The Labute approximate surface area is 171 Å². The minimum Gasteiger partial charge on any atom is -0.486 e. The number of nitrogens with one attached hydrogen (secondary N) is 1. The summed E-state index contributed by atoms with van der Waals surface area (Å²) in [4.78, 5) is 3.83. The molecule has 2 aromatic carbocycles. The van der Waals surface area contributed by atoms with Crippen LogP contribution in [0.25, 0.3) is 10.9 Å². The van der Waals surface area contributed by atoms with Crippen molar-refractivity contribution in [3.63, 3.8) is 0 Å². The molecular formula is C23H26N2O3S. The molecule has 6 heteroatoms. The van der Waals surface area contributed by atoms with Crippen LogP contribution < -0.4 is 9.04 Å². The van der Waals surface area contributed by atoms with E-state index in [4.69, 9.17) is 4.74 Å². The predicted octanol–water partition coefficient (Wildman–Crippen LogP) is 4.72. The fourth-order valence-corrected chi connectivity index (χ4v) is 6.06. The number of rotatable bonds is 3. The van der Waals surface area contributed by atoms with Gasteiger partial charge in [-0.15, -0.1) is 0 Å². The third-order valence-electron chi connectivity index (χ3n) is 6.16. The summed E-state index contributed by atoms with van der Waals surface area (Å²) in [6.07, 6.45) is 5.00. The minimum atomic E-state index is -3.69. The van der Waals surface area contributed by atoms with E-state index in [1.54, 1.807) is 6.07 Å². The standard InChI is InChI=1S/C23H26N2O3S/c1-3-16-14-25(22-12-15(2)8-11-23(22)28-16)29(26,27)17-9-10-21-19(13-17)18-6-4-5-7-20(18)24-21/h8-13,16,24H,3-7,14H2,1-2H3/t16-/m1/s1. The van der Waals surface area contributed by atoms with Crippen molar-refractivity contribution < 1.29 is 13.2 Å². The van der Waals surface area contributed by atoms with Gasteiger partial charge in [-0.05, 0) is 80.5 Å². The molecule has 5 nitrogen and oxygen atoms in total. The molecule has 2 aliphatic rings. The van der Waals surface area contributed by atoms with Crippen molar-refractivity contribution in [1.82, 2.24) is 4.98 Å². The number of ether oxygens (including phenoxy) is 1. The van der Waals surface area contributed by atoms with Crippen LogP contribution in [0.3, 0.4) is 0 Å². The summed E-state index contributed by atoms with van der Waals surface area (Å²) in [5, 5.41) is 1.05. The number of nitrogens with zero attached hydrogens (tertiary/aromatic N) is 1. The van der Waals surface area contributed by atoms with Crippen LogP contribution in [0.5, 0.6) is 5.75 Å². The monoisotopic (exact) mass is 410 g/mol. The number of fused-ring (bicyclic) bond motifs is 4. The summed E-state index contributed by atoms with van der Waals surface area (Å²) < 4.78 is 35.0. The minimum absolute atomic E-state index is 0.149. The Bertz CT molecular complexity index is 1200. The van der Waals surface area contributed by atoms with Crippen molar-refractivity contribution >= 4 is 26.6 Å². The highest BCUT2D eigenvalue weighted by Crippen LogP contribution is 2.39. The topological polar surface area (TPSA) is 62.4 Å². The molecule has 3 aromatic rings. The highest BCUT2D eigenvalue weighted by Gasteiger charge is 2.34. The van der Waals surface area contributed by atoms with E-state index in [2.05, 4.69) is 4.98 Å². The number of aromatic nitrogens is 1. The SMILES string of the molecule is CC[C@@H]1CN(S(=O)(=O)c2ccc3[nH]c4c(c3c2)CCCC4)c2cc(C)ccc2O1. The second-order valence-electron chi connectivity index (χ2n) is 8.15. The molecule has 2 heterocycles. The van der Waals surface area contributed by atoms with Crippen molar-refractivity contribution in [3.05, 3.63) is 53.2 Å². The van der Waals surface area contributed by atoms with Gasteiger partial charge in [-0.3, -0.25) is 4.31 Å². The maximum absolute atomic E-state index is 13.7. The zero-order valence-corrected chi connectivity index (χ0v) is 17.7. The van der Waals surface area contributed by atoms with Crippen LogP contribution in [0, 0.1) is 6.92 Å². The van der Waals surface area contributed by atoms with Gasteiger partial charge in [0, 0.05) is 16.6 Å².